The van der Waals surface area contributed by atoms with Crippen LogP contribution in [0.2, 0.25) is 0 Å². The molecule has 0 radical (unpaired) electrons. The van der Waals surface area contributed by atoms with E-state index in [1.807, 2.05) is 50.5 Å². The SMILES string of the molecule is Cc1cc(C)cc(NC(=O)c2ccc3c(c2)ncn3CCN2CCCC2)c1. The molecular weight excluding hydrogens is 336 g/mol. The molecule has 1 saturated heterocycles. The highest BCUT2D eigenvalue weighted by molar-refractivity contribution is 6.06. The van der Waals surface area contributed by atoms with Crippen LogP contribution < -0.4 is 5.32 Å². The summed E-state index contributed by atoms with van der Waals surface area (Å²) in [6.07, 6.45) is 4.50. The molecule has 1 aliphatic rings. The molecule has 5 heteroatoms. The van der Waals surface area contributed by atoms with Crippen LogP contribution in [-0.4, -0.2) is 40.0 Å². The molecule has 1 aromatic heterocycles. The molecule has 1 aliphatic heterocycles. The Hall–Kier alpha value is -2.66. The van der Waals surface area contributed by atoms with E-state index >= 15 is 0 Å². The molecule has 2 aromatic carbocycles. The zero-order chi connectivity index (χ0) is 18.8. The lowest BCUT2D eigenvalue weighted by atomic mass is 10.1. The lowest BCUT2D eigenvalue weighted by Crippen LogP contribution is -2.23. The van der Waals surface area contributed by atoms with Gasteiger partial charge in [-0.1, -0.05) is 6.07 Å². The maximum absolute atomic E-state index is 12.6. The van der Waals surface area contributed by atoms with Crippen molar-refractivity contribution in [3.8, 4) is 0 Å². The van der Waals surface area contributed by atoms with Gasteiger partial charge in [0.2, 0.25) is 0 Å². The Morgan fingerprint density at radius 1 is 1.04 bits per heavy atom. The number of rotatable bonds is 5. The molecule has 1 fully saturated rings. The largest absolute Gasteiger partial charge is 0.329 e. The number of nitrogens with one attached hydrogen (secondary N) is 1. The third kappa shape index (κ3) is 4.03. The molecule has 0 atom stereocenters. The second-order valence-electron chi connectivity index (χ2n) is 7.52. The first-order chi connectivity index (χ1) is 13.1. The van der Waals surface area contributed by atoms with Gasteiger partial charge in [0, 0.05) is 24.3 Å². The number of likely N-dealkylation sites (tertiary alicyclic amines) is 1. The topological polar surface area (TPSA) is 50.2 Å². The van der Waals surface area contributed by atoms with Crippen LogP contribution in [0, 0.1) is 13.8 Å². The number of carbonyl (C=O) groups excluding carboxylic acids is 1. The van der Waals surface area contributed by atoms with Crippen molar-refractivity contribution in [2.45, 2.75) is 33.2 Å². The third-order valence-electron chi connectivity index (χ3n) is 5.22. The van der Waals surface area contributed by atoms with Gasteiger partial charge in [0.05, 0.1) is 17.4 Å². The van der Waals surface area contributed by atoms with Crippen molar-refractivity contribution < 1.29 is 4.79 Å². The summed E-state index contributed by atoms with van der Waals surface area (Å²) in [5, 5.41) is 2.99. The number of carbonyl (C=O) groups is 1. The molecule has 1 amide bonds. The highest BCUT2D eigenvalue weighted by Crippen LogP contribution is 2.19. The van der Waals surface area contributed by atoms with Gasteiger partial charge in [-0.3, -0.25) is 4.79 Å². The van der Waals surface area contributed by atoms with Crippen molar-refractivity contribution >= 4 is 22.6 Å². The van der Waals surface area contributed by atoms with Gasteiger partial charge in [0.25, 0.3) is 5.91 Å². The summed E-state index contributed by atoms with van der Waals surface area (Å²) in [5.41, 5.74) is 5.68. The normalized spacial score (nSPS) is 14.7. The molecule has 0 unspecified atom stereocenters. The van der Waals surface area contributed by atoms with E-state index in [0.29, 0.717) is 5.56 Å². The number of fused-ring (bicyclic) bond motifs is 1. The maximum Gasteiger partial charge on any atom is 0.255 e. The number of nitrogens with zero attached hydrogens (tertiary/aromatic N) is 3. The number of imidazole rings is 1. The molecule has 4 rings (SSSR count). The molecular formula is C22H26N4O. The van der Waals surface area contributed by atoms with E-state index in [1.54, 1.807) is 0 Å². The number of anilines is 1. The van der Waals surface area contributed by atoms with Gasteiger partial charge < -0.3 is 14.8 Å². The molecule has 5 nitrogen and oxygen atoms in total. The van der Waals surface area contributed by atoms with Crippen LogP contribution in [0.15, 0.2) is 42.7 Å². The molecule has 2 heterocycles. The van der Waals surface area contributed by atoms with Crippen LogP contribution in [0.4, 0.5) is 5.69 Å². The van der Waals surface area contributed by atoms with Crippen LogP contribution in [0.5, 0.6) is 0 Å². The number of aryl methyl sites for hydroxylation is 2. The predicted molar refractivity (Wildman–Crippen MR) is 109 cm³/mol. The summed E-state index contributed by atoms with van der Waals surface area (Å²) < 4.78 is 2.18. The average molecular weight is 362 g/mol. The summed E-state index contributed by atoms with van der Waals surface area (Å²) in [4.78, 5) is 19.6. The Balaban J connectivity index is 1.48. The van der Waals surface area contributed by atoms with Crippen LogP contribution in [0.1, 0.15) is 34.3 Å². The molecule has 0 saturated carbocycles. The third-order valence-corrected chi connectivity index (χ3v) is 5.22. The Kier molecular flexibility index (Phi) is 4.94. The molecule has 0 spiro atoms. The summed E-state index contributed by atoms with van der Waals surface area (Å²) >= 11 is 0. The van der Waals surface area contributed by atoms with E-state index in [0.717, 1.165) is 40.9 Å². The zero-order valence-electron chi connectivity index (χ0n) is 16.0. The summed E-state index contributed by atoms with van der Waals surface area (Å²) in [6.45, 7) is 8.46. The van der Waals surface area contributed by atoms with E-state index in [9.17, 15) is 4.79 Å². The van der Waals surface area contributed by atoms with E-state index in [2.05, 4.69) is 25.8 Å². The van der Waals surface area contributed by atoms with E-state index < -0.39 is 0 Å². The predicted octanol–water partition coefficient (Wildman–Crippen LogP) is 4.00. The molecule has 3 aromatic rings. The molecule has 0 bridgehead atoms. The highest BCUT2D eigenvalue weighted by atomic mass is 16.1. The molecule has 0 aliphatic carbocycles. The van der Waals surface area contributed by atoms with Crippen molar-refractivity contribution in [3.05, 3.63) is 59.4 Å². The molecule has 140 valence electrons. The van der Waals surface area contributed by atoms with Crippen LogP contribution in [0.25, 0.3) is 11.0 Å². The summed E-state index contributed by atoms with van der Waals surface area (Å²) in [7, 11) is 0. The standard InChI is InChI=1S/C22H26N4O/c1-16-11-17(2)13-19(12-16)24-22(27)18-5-6-21-20(14-18)23-15-26(21)10-9-25-7-3-4-8-25/h5-6,11-15H,3-4,7-10H2,1-2H3,(H,24,27). The quantitative estimate of drug-likeness (QED) is 0.746. The Morgan fingerprint density at radius 3 is 2.52 bits per heavy atom. The Bertz CT molecular complexity index is 949. The van der Waals surface area contributed by atoms with E-state index in [1.165, 1.54) is 25.9 Å². The van der Waals surface area contributed by atoms with Crippen molar-refractivity contribution in [1.82, 2.24) is 14.5 Å². The lowest BCUT2D eigenvalue weighted by molar-refractivity contribution is 0.102. The zero-order valence-corrected chi connectivity index (χ0v) is 16.0. The smallest absolute Gasteiger partial charge is 0.255 e. The van der Waals surface area contributed by atoms with Gasteiger partial charge in [-0.15, -0.1) is 0 Å². The minimum atomic E-state index is -0.103. The van der Waals surface area contributed by atoms with Gasteiger partial charge in [-0.2, -0.15) is 0 Å². The van der Waals surface area contributed by atoms with Gasteiger partial charge in [0.1, 0.15) is 0 Å². The van der Waals surface area contributed by atoms with Crippen LogP contribution in [-0.2, 0) is 6.54 Å². The van der Waals surface area contributed by atoms with Crippen molar-refractivity contribution in [2.24, 2.45) is 0 Å². The maximum atomic E-state index is 12.6. The number of benzene rings is 2. The highest BCUT2D eigenvalue weighted by Gasteiger charge is 2.13. The van der Waals surface area contributed by atoms with E-state index in [4.69, 9.17) is 0 Å². The lowest BCUT2D eigenvalue weighted by Gasteiger charge is -2.15. The first-order valence-electron chi connectivity index (χ1n) is 9.65. The van der Waals surface area contributed by atoms with Crippen molar-refractivity contribution in [2.75, 3.05) is 25.0 Å². The Labute approximate surface area is 160 Å². The first kappa shape index (κ1) is 17.7. The molecule has 27 heavy (non-hydrogen) atoms. The van der Waals surface area contributed by atoms with Crippen molar-refractivity contribution in [3.63, 3.8) is 0 Å². The second-order valence-corrected chi connectivity index (χ2v) is 7.52. The fourth-order valence-corrected chi connectivity index (χ4v) is 3.89. The summed E-state index contributed by atoms with van der Waals surface area (Å²) in [5.74, 6) is -0.103. The number of hydrogen-bond donors (Lipinski definition) is 1. The number of aromatic nitrogens is 2. The monoisotopic (exact) mass is 362 g/mol. The first-order valence-corrected chi connectivity index (χ1v) is 9.65. The van der Waals surface area contributed by atoms with Crippen LogP contribution >= 0.6 is 0 Å². The fourth-order valence-electron chi connectivity index (χ4n) is 3.89. The van der Waals surface area contributed by atoms with Gasteiger partial charge in [0.15, 0.2) is 0 Å². The van der Waals surface area contributed by atoms with Crippen molar-refractivity contribution in [1.29, 1.82) is 0 Å². The van der Waals surface area contributed by atoms with Gasteiger partial charge in [-0.05, 0) is 81.2 Å². The number of amides is 1. The minimum Gasteiger partial charge on any atom is -0.329 e. The van der Waals surface area contributed by atoms with E-state index in [-0.39, 0.29) is 5.91 Å². The Morgan fingerprint density at radius 2 is 1.78 bits per heavy atom. The number of hydrogen-bond acceptors (Lipinski definition) is 3. The van der Waals surface area contributed by atoms with Gasteiger partial charge >= 0.3 is 0 Å². The van der Waals surface area contributed by atoms with Gasteiger partial charge in [-0.25, -0.2) is 4.98 Å². The summed E-state index contributed by atoms with van der Waals surface area (Å²) in [6, 6.07) is 11.8. The fraction of sp³-hybridized carbons (Fsp3) is 0.364. The molecule has 1 N–H and O–H groups in total. The minimum absolute atomic E-state index is 0.103. The van der Waals surface area contributed by atoms with Crippen LogP contribution in [0.3, 0.4) is 0 Å². The second kappa shape index (κ2) is 7.53. The average Bonchev–Trinajstić information content (AvgIpc) is 3.28.